The Labute approximate surface area is 129 Å². The zero-order valence-corrected chi connectivity index (χ0v) is 13.9. The number of hydrogen-bond acceptors (Lipinski definition) is 5. The van der Waals surface area contributed by atoms with Crippen LogP contribution in [0.2, 0.25) is 0 Å². The van der Waals surface area contributed by atoms with Crippen LogP contribution in [0.3, 0.4) is 0 Å². The predicted molar refractivity (Wildman–Crippen MR) is 87.3 cm³/mol. The molecule has 0 amide bonds. The third-order valence-corrected chi connectivity index (χ3v) is 4.02. The van der Waals surface area contributed by atoms with Crippen LogP contribution in [0, 0.1) is 0 Å². The first-order valence-corrected chi connectivity index (χ1v) is 8.23. The van der Waals surface area contributed by atoms with Gasteiger partial charge in [0.05, 0.1) is 4.47 Å². The lowest BCUT2D eigenvalue weighted by molar-refractivity contribution is 0.223. The number of likely N-dealkylation sites (tertiary alicyclic amines) is 1. The predicted octanol–water partition coefficient (Wildman–Crippen LogP) is 2.96. The zero-order valence-electron chi connectivity index (χ0n) is 12.3. The van der Waals surface area contributed by atoms with Crippen LogP contribution in [0.25, 0.3) is 0 Å². The van der Waals surface area contributed by atoms with E-state index in [9.17, 15) is 0 Å². The molecule has 2 rings (SSSR count). The Hall–Kier alpha value is -0.880. The number of halogens is 1. The van der Waals surface area contributed by atoms with Crippen LogP contribution in [0.15, 0.2) is 10.7 Å². The van der Waals surface area contributed by atoms with Gasteiger partial charge in [0.2, 0.25) is 5.95 Å². The molecule has 1 atom stereocenters. The summed E-state index contributed by atoms with van der Waals surface area (Å²) in [6, 6.07) is 0.369. The average Bonchev–Trinajstić information content (AvgIpc) is 2.44. The van der Waals surface area contributed by atoms with Crippen molar-refractivity contribution >= 4 is 27.7 Å². The molecule has 0 bridgehead atoms. The molecule has 1 aliphatic rings. The van der Waals surface area contributed by atoms with E-state index >= 15 is 0 Å². The molecular formula is C14H24BrN5. The van der Waals surface area contributed by atoms with Crippen LogP contribution in [-0.4, -0.2) is 47.1 Å². The minimum atomic E-state index is 0.369. The highest BCUT2D eigenvalue weighted by Gasteiger charge is 2.14. The van der Waals surface area contributed by atoms with Gasteiger partial charge in [0.15, 0.2) is 0 Å². The summed E-state index contributed by atoms with van der Waals surface area (Å²) in [4.78, 5) is 11.3. The summed E-state index contributed by atoms with van der Waals surface area (Å²) in [6.45, 7) is 8.57. The van der Waals surface area contributed by atoms with Gasteiger partial charge in [0, 0.05) is 25.3 Å². The van der Waals surface area contributed by atoms with Gasteiger partial charge in [-0.1, -0.05) is 6.42 Å². The summed E-state index contributed by atoms with van der Waals surface area (Å²) in [7, 11) is 0. The van der Waals surface area contributed by atoms with Gasteiger partial charge in [0.25, 0.3) is 0 Å². The first kappa shape index (κ1) is 15.5. The van der Waals surface area contributed by atoms with E-state index in [1.165, 1.54) is 32.4 Å². The molecule has 1 fully saturated rings. The monoisotopic (exact) mass is 341 g/mol. The Balaban J connectivity index is 1.92. The highest BCUT2D eigenvalue weighted by atomic mass is 79.9. The maximum atomic E-state index is 4.50. The van der Waals surface area contributed by atoms with E-state index in [1.807, 2.05) is 6.92 Å². The normalized spacial score (nSPS) is 17.8. The average molecular weight is 342 g/mol. The van der Waals surface area contributed by atoms with Crippen molar-refractivity contribution in [2.45, 2.75) is 39.2 Å². The fourth-order valence-electron chi connectivity index (χ4n) is 2.52. The van der Waals surface area contributed by atoms with Crippen molar-refractivity contribution < 1.29 is 0 Å². The largest absolute Gasteiger partial charge is 0.365 e. The molecule has 1 aromatic rings. The summed E-state index contributed by atoms with van der Waals surface area (Å²) >= 11 is 3.51. The molecule has 20 heavy (non-hydrogen) atoms. The maximum absolute atomic E-state index is 4.50. The topological polar surface area (TPSA) is 53.1 Å². The Morgan fingerprint density at radius 2 is 2.10 bits per heavy atom. The van der Waals surface area contributed by atoms with Crippen LogP contribution in [0.1, 0.15) is 33.1 Å². The summed E-state index contributed by atoms with van der Waals surface area (Å²) in [5, 5.41) is 6.61. The number of aromatic nitrogens is 2. The first-order chi connectivity index (χ1) is 9.69. The van der Waals surface area contributed by atoms with E-state index in [1.54, 1.807) is 6.20 Å². The lowest BCUT2D eigenvalue weighted by Crippen LogP contribution is -2.38. The second-order valence-electron chi connectivity index (χ2n) is 5.33. The third-order valence-electron chi connectivity index (χ3n) is 3.44. The number of anilines is 2. The van der Waals surface area contributed by atoms with E-state index in [0.717, 1.165) is 23.4 Å². The van der Waals surface area contributed by atoms with Gasteiger partial charge in [-0.3, -0.25) is 0 Å². The molecule has 0 spiro atoms. The van der Waals surface area contributed by atoms with Crippen molar-refractivity contribution in [1.29, 1.82) is 0 Å². The van der Waals surface area contributed by atoms with Crippen molar-refractivity contribution in [2.24, 2.45) is 0 Å². The lowest BCUT2D eigenvalue weighted by atomic mass is 10.1. The van der Waals surface area contributed by atoms with Gasteiger partial charge in [-0.25, -0.2) is 4.98 Å². The van der Waals surface area contributed by atoms with Gasteiger partial charge in [-0.15, -0.1) is 0 Å². The molecule has 1 unspecified atom stereocenters. The molecule has 1 aromatic heterocycles. The second kappa shape index (κ2) is 7.78. The summed E-state index contributed by atoms with van der Waals surface area (Å²) in [5.41, 5.74) is 0. The first-order valence-electron chi connectivity index (χ1n) is 7.44. The number of nitrogens with zero attached hydrogens (tertiary/aromatic N) is 3. The van der Waals surface area contributed by atoms with Crippen LogP contribution in [0.4, 0.5) is 11.8 Å². The van der Waals surface area contributed by atoms with Crippen LogP contribution >= 0.6 is 15.9 Å². The molecule has 0 radical (unpaired) electrons. The Bertz CT molecular complexity index is 420. The Morgan fingerprint density at radius 1 is 1.35 bits per heavy atom. The van der Waals surface area contributed by atoms with Crippen LogP contribution < -0.4 is 10.6 Å². The van der Waals surface area contributed by atoms with Crippen LogP contribution in [-0.2, 0) is 0 Å². The fraction of sp³-hybridized carbons (Fsp3) is 0.714. The minimum absolute atomic E-state index is 0.369. The van der Waals surface area contributed by atoms with Gasteiger partial charge in [-0.2, -0.15) is 4.98 Å². The maximum Gasteiger partial charge on any atom is 0.224 e. The smallest absolute Gasteiger partial charge is 0.224 e. The number of hydrogen-bond donors (Lipinski definition) is 2. The molecule has 0 aromatic carbocycles. The molecular weight excluding hydrogens is 318 g/mol. The van der Waals surface area contributed by atoms with E-state index in [-0.39, 0.29) is 0 Å². The van der Waals surface area contributed by atoms with E-state index in [4.69, 9.17) is 0 Å². The van der Waals surface area contributed by atoms with E-state index in [0.29, 0.717) is 12.0 Å². The molecule has 2 N–H and O–H groups in total. The van der Waals surface area contributed by atoms with Gasteiger partial charge in [0.1, 0.15) is 5.82 Å². The van der Waals surface area contributed by atoms with Crippen molar-refractivity contribution in [2.75, 3.05) is 36.8 Å². The summed E-state index contributed by atoms with van der Waals surface area (Å²) in [6.07, 6.45) is 5.83. The van der Waals surface area contributed by atoms with Crippen LogP contribution in [0.5, 0.6) is 0 Å². The molecule has 0 aliphatic carbocycles. The van der Waals surface area contributed by atoms with Gasteiger partial charge < -0.3 is 15.5 Å². The number of piperidine rings is 1. The molecule has 5 nitrogen and oxygen atoms in total. The lowest BCUT2D eigenvalue weighted by Gasteiger charge is -2.29. The minimum Gasteiger partial charge on any atom is -0.365 e. The highest BCUT2D eigenvalue weighted by Crippen LogP contribution is 2.21. The van der Waals surface area contributed by atoms with Gasteiger partial charge in [-0.05, 0) is 55.7 Å². The second-order valence-corrected chi connectivity index (χ2v) is 6.18. The van der Waals surface area contributed by atoms with Crippen molar-refractivity contribution in [3.05, 3.63) is 10.7 Å². The summed E-state index contributed by atoms with van der Waals surface area (Å²) < 4.78 is 0.907. The van der Waals surface area contributed by atoms with E-state index in [2.05, 4.69) is 48.4 Å². The van der Waals surface area contributed by atoms with Crippen molar-refractivity contribution in [1.82, 2.24) is 14.9 Å². The number of nitrogens with one attached hydrogen (secondary N) is 2. The van der Waals surface area contributed by atoms with Crippen molar-refractivity contribution in [3.63, 3.8) is 0 Å². The Morgan fingerprint density at radius 3 is 2.80 bits per heavy atom. The standard InChI is InChI=1S/C14H24BrN5/c1-3-16-14-17-9-12(15)13(19-14)18-11(2)10-20-7-5-4-6-8-20/h9,11H,3-8,10H2,1-2H3,(H2,16,17,18,19). The SMILES string of the molecule is CCNc1ncc(Br)c(NC(C)CN2CCCCC2)n1. The third kappa shape index (κ3) is 4.59. The quantitative estimate of drug-likeness (QED) is 0.833. The van der Waals surface area contributed by atoms with Gasteiger partial charge >= 0.3 is 0 Å². The molecule has 1 saturated heterocycles. The summed E-state index contributed by atoms with van der Waals surface area (Å²) in [5.74, 6) is 1.53. The molecule has 1 aliphatic heterocycles. The molecule has 6 heteroatoms. The Kier molecular flexibility index (Phi) is 6.04. The number of rotatable bonds is 6. The fourth-order valence-corrected chi connectivity index (χ4v) is 2.83. The van der Waals surface area contributed by atoms with Crippen molar-refractivity contribution in [3.8, 4) is 0 Å². The zero-order chi connectivity index (χ0) is 14.4. The molecule has 2 heterocycles. The van der Waals surface area contributed by atoms with E-state index < -0.39 is 0 Å². The highest BCUT2D eigenvalue weighted by molar-refractivity contribution is 9.10. The molecule has 0 saturated carbocycles. The molecule has 112 valence electrons.